The van der Waals surface area contributed by atoms with Crippen molar-refractivity contribution < 1.29 is 9.18 Å². The minimum absolute atomic E-state index is 0.0930. The number of halogens is 1. The third-order valence-electron chi connectivity index (χ3n) is 6.22. The van der Waals surface area contributed by atoms with E-state index in [9.17, 15) is 14.0 Å². The summed E-state index contributed by atoms with van der Waals surface area (Å²) in [5.74, 6) is -0.783. The van der Waals surface area contributed by atoms with E-state index in [0.29, 0.717) is 37.2 Å². The monoisotopic (exact) mass is 442 g/mol. The maximum absolute atomic E-state index is 14.6. The van der Waals surface area contributed by atoms with Crippen molar-refractivity contribution in [1.29, 1.82) is 0 Å². The smallest absolute Gasteiger partial charge is 0.269 e. The Morgan fingerprint density at radius 2 is 2.00 bits per heavy atom. The van der Waals surface area contributed by atoms with Gasteiger partial charge in [0.2, 0.25) is 0 Å². The molecule has 1 aromatic heterocycles. The fourth-order valence-corrected chi connectivity index (χ4v) is 4.31. The molecule has 0 saturated carbocycles. The van der Waals surface area contributed by atoms with Crippen LogP contribution in [-0.2, 0) is 12.8 Å². The topological polar surface area (TPSA) is 84.6 Å². The van der Waals surface area contributed by atoms with Crippen LogP contribution < -0.4 is 10.9 Å². The van der Waals surface area contributed by atoms with Gasteiger partial charge in [-0.2, -0.15) is 5.10 Å². The number of hydrogen-bond acceptors (Lipinski definition) is 6. The Morgan fingerprint density at radius 1 is 1.22 bits per heavy atom. The summed E-state index contributed by atoms with van der Waals surface area (Å²) in [5, 5.41) is 10.1. The van der Waals surface area contributed by atoms with Crippen molar-refractivity contribution >= 4 is 11.6 Å². The second kappa shape index (κ2) is 9.79. The molecule has 32 heavy (non-hydrogen) atoms. The Morgan fingerprint density at radius 3 is 2.75 bits per heavy atom. The zero-order valence-corrected chi connectivity index (χ0v) is 18.8. The van der Waals surface area contributed by atoms with Gasteiger partial charge in [0.05, 0.1) is 16.9 Å². The van der Waals surface area contributed by atoms with E-state index < -0.39 is 5.82 Å². The molecule has 1 aromatic carbocycles. The van der Waals surface area contributed by atoms with Crippen molar-refractivity contribution in [2.75, 3.05) is 65.2 Å². The van der Waals surface area contributed by atoms with Gasteiger partial charge in [-0.3, -0.25) is 14.5 Å². The Kier molecular flexibility index (Phi) is 6.86. The van der Waals surface area contributed by atoms with Crippen LogP contribution in [0.3, 0.4) is 0 Å². The van der Waals surface area contributed by atoms with Gasteiger partial charge in [0, 0.05) is 57.8 Å². The summed E-state index contributed by atoms with van der Waals surface area (Å²) < 4.78 is 14.6. The first kappa shape index (κ1) is 22.4. The maximum Gasteiger partial charge on any atom is 0.269 e. The number of aromatic nitrogens is 2. The first-order valence-electron chi connectivity index (χ1n) is 11.2. The number of carbonyl (C=O) groups excluding carboxylic acids is 1. The van der Waals surface area contributed by atoms with Crippen LogP contribution in [0.4, 0.5) is 10.1 Å². The number of anilines is 1. The van der Waals surface area contributed by atoms with Gasteiger partial charge in [0.25, 0.3) is 11.5 Å². The van der Waals surface area contributed by atoms with Crippen molar-refractivity contribution in [3.63, 3.8) is 0 Å². The van der Waals surface area contributed by atoms with Crippen LogP contribution in [0.1, 0.15) is 33.6 Å². The number of aromatic amines is 1. The molecule has 0 atom stereocenters. The zero-order valence-electron chi connectivity index (χ0n) is 18.8. The van der Waals surface area contributed by atoms with Crippen LogP contribution in [0.25, 0.3) is 0 Å². The molecule has 0 spiro atoms. The minimum Gasteiger partial charge on any atom is -0.383 e. The number of benzene rings is 1. The van der Waals surface area contributed by atoms with E-state index in [2.05, 4.69) is 25.3 Å². The van der Waals surface area contributed by atoms with Gasteiger partial charge in [0.1, 0.15) is 5.82 Å². The highest BCUT2D eigenvalue weighted by molar-refractivity contribution is 5.94. The molecule has 0 bridgehead atoms. The predicted molar refractivity (Wildman–Crippen MR) is 122 cm³/mol. The van der Waals surface area contributed by atoms with E-state index in [0.717, 1.165) is 50.4 Å². The molecular formula is C23H31FN6O2. The van der Waals surface area contributed by atoms with Gasteiger partial charge in [-0.15, -0.1) is 0 Å². The second-order valence-corrected chi connectivity index (χ2v) is 8.81. The molecule has 2 aliphatic heterocycles. The number of rotatable bonds is 6. The van der Waals surface area contributed by atoms with Crippen LogP contribution in [-0.4, -0.2) is 90.7 Å². The largest absolute Gasteiger partial charge is 0.383 e. The fourth-order valence-electron chi connectivity index (χ4n) is 4.31. The third-order valence-corrected chi connectivity index (χ3v) is 6.22. The Bertz CT molecular complexity index is 1030. The molecule has 4 rings (SSSR count). The molecule has 8 nitrogen and oxygen atoms in total. The molecule has 2 aromatic rings. The van der Waals surface area contributed by atoms with Gasteiger partial charge in [-0.05, 0) is 44.6 Å². The van der Waals surface area contributed by atoms with Crippen molar-refractivity contribution in [3.8, 4) is 0 Å². The summed E-state index contributed by atoms with van der Waals surface area (Å²) in [6, 6.07) is 4.65. The lowest BCUT2D eigenvalue weighted by molar-refractivity contribution is 0.0625. The number of nitrogens with one attached hydrogen (secondary N) is 2. The molecule has 172 valence electrons. The summed E-state index contributed by atoms with van der Waals surface area (Å²) in [6.07, 6.45) is 2.02. The molecule has 1 amide bonds. The molecule has 0 radical (unpaired) electrons. The van der Waals surface area contributed by atoms with Crippen LogP contribution in [0.5, 0.6) is 0 Å². The number of H-pyrrole nitrogens is 1. The normalized spacial score (nSPS) is 16.7. The van der Waals surface area contributed by atoms with E-state index in [1.165, 1.54) is 6.07 Å². The lowest BCUT2D eigenvalue weighted by Gasteiger charge is -2.35. The Labute approximate surface area is 187 Å². The van der Waals surface area contributed by atoms with Gasteiger partial charge < -0.3 is 15.1 Å². The summed E-state index contributed by atoms with van der Waals surface area (Å²) in [6.45, 7) is 5.49. The Hall–Kier alpha value is -2.78. The molecule has 1 saturated heterocycles. The maximum atomic E-state index is 14.6. The van der Waals surface area contributed by atoms with E-state index in [1.807, 2.05) is 14.1 Å². The first-order valence-corrected chi connectivity index (χ1v) is 11.2. The summed E-state index contributed by atoms with van der Waals surface area (Å²) in [5.41, 5.74) is 2.90. The lowest BCUT2D eigenvalue weighted by atomic mass is 9.99. The molecule has 9 heteroatoms. The Balaban J connectivity index is 1.47. The second-order valence-electron chi connectivity index (χ2n) is 8.81. The predicted octanol–water partition coefficient (Wildman–Crippen LogP) is 1.18. The number of likely N-dealkylation sites (N-methyl/N-ethyl adjacent to an activating group) is 1. The average Bonchev–Trinajstić information content (AvgIpc) is 2.81. The molecule has 0 aliphatic carbocycles. The first-order chi connectivity index (χ1) is 15.4. The van der Waals surface area contributed by atoms with E-state index in [4.69, 9.17) is 0 Å². The SMILES string of the molecule is CN(C)CCN1CCN(C(=O)c2cc(Cc3n[nH]c(=O)c4c3NCCC4)ccc2F)CC1. The number of carbonyl (C=O) groups is 1. The third kappa shape index (κ3) is 4.99. The van der Waals surface area contributed by atoms with Crippen molar-refractivity contribution in [2.45, 2.75) is 19.3 Å². The zero-order chi connectivity index (χ0) is 22.7. The van der Waals surface area contributed by atoms with Gasteiger partial charge in [-0.25, -0.2) is 9.49 Å². The highest BCUT2D eigenvalue weighted by Gasteiger charge is 2.25. The van der Waals surface area contributed by atoms with Crippen molar-refractivity contribution in [2.24, 2.45) is 0 Å². The lowest BCUT2D eigenvalue weighted by Crippen LogP contribution is -2.50. The molecule has 2 N–H and O–H groups in total. The van der Waals surface area contributed by atoms with Crippen LogP contribution in [0.15, 0.2) is 23.0 Å². The molecule has 2 aliphatic rings. The number of fused-ring (bicyclic) bond motifs is 1. The van der Waals surface area contributed by atoms with Gasteiger partial charge >= 0.3 is 0 Å². The van der Waals surface area contributed by atoms with Crippen LogP contribution in [0, 0.1) is 5.82 Å². The van der Waals surface area contributed by atoms with Crippen LogP contribution in [0.2, 0.25) is 0 Å². The van der Waals surface area contributed by atoms with E-state index >= 15 is 0 Å². The van der Waals surface area contributed by atoms with Gasteiger partial charge in [0.15, 0.2) is 0 Å². The summed E-state index contributed by atoms with van der Waals surface area (Å²) in [4.78, 5) is 31.3. The number of nitrogens with zero attached hydrogens (tertiary/aromatic N) is 4. The summed E-state index contributed by atoms with van der Waals surface area (Å²) >= 11 is 0. The molecule has 0 unspecified atom stereocenters. The van der Waals surface area contributed by atoms with Gasteiger partial charge in [-0.1, -0.05) is 6.07 Å². The van der Waals surface area contributed by atoms with E-state index in [1.54, 1.807) is 17.0 Å². The molecular weight excluding hydrogens is 411 g/mol. The number of piperazine rings is 1. The fraction of sp³-hybridized carbons (Fsp3) is 0.522. The van der Waals surface area contributed by atoms with Crippen LogP contribution >= 0.6 is 0 Å². The molecule has 1 fully saturated rings. The standard InChI is InChI=1S/C23H31FN6O2/c1-28(2)8-9-29-10-12-30(13-11-29)23(32)18-14-16(5-6-19(18)24)15-20-21-17(4-3-7-25-21)22(31)27-26-20/h5-6,14,25H,3-4,7-13,15H2,1-2H3,(H,27,31). The quantitative estimate of drug-likeness (QED) is 0.699. The van der Waals surface area contributed by atoms with Crippen molar-refractivity contribution in [1.82, 2.24) is 24.9 Å². The summed E-state index contributed by atoms with van der Waals surface area (Å²) in [7, 11) is 4.09. The van der Waals surface area contributed by atoms with Crippen molar-refractivity contribution in [3.05, 3.63) is 56.8 Å². The minimum atomic E-state index is -0.511. The number of hydrogen-bond donors (Lipinski definition) is 2. The highest BCUT2D eigenvalue weighted by atomic mass is 19.1. The van der Waals surface area contributed by atoms with E-state index in [-0.39, 0.29) is 17.0 Å². The average molecular weight is 443 g/mol. The number of amides is 1. The highest BCUT2D eigenvalue weighted by Crippen LogP contribution is 2.24. The molecule has 3 heterocycles.